The quantitative estimate of drug-likeness (QED) is 0.866. The lowest BCUT2D eigenvalue weighted by atomic mass is 10.2. The number of aromatic nitrogens is 2. The molecular formula is C15H20N4O3. The van der Waals surface area contributed by atoms with E-state index in [1.54, 1.807) is 6.20 Å². The first-order valence-electron chi connectivity index (χ1n) is 7.32. The van der Waals surface area contributed by atoms with Crippen LogP contribution < -0.4 is 20.5 Å². The molecule has 1 amide bonds. The Morgan fingerprint density at radius 3 is 3.14 bits per heavy atom. The van der Waals surface area contributed by atoms with E-state index in [4.69, 9.17) is 15.2 Å². The number of carbonyl (C=O) groups is 1. The van der Waals surface area contributed by atoms with Crippen LogP contribution in [0.1, 0.15) is 13.8 Å². The highest BCUT2D eigenvalue weighted by atomic mass is 16.6. The first-order chi connectivity index (χ1) is 10.5. The number of nitrogens with two attached hydrogens (primary N) is 1. The molecule has 0 fully saturated rings. The zero-order valence-corrected chi connectivity index (χ0v) is 12.7. The van der Waals surface area contributed by atoms with Crippen LogP contribution in [0.4, 0.5) is 0 Å². The van der Waals surface area contributed by atoms with Gasteiger partial charge in [0.15, 0.2) is 17.6 Å². The second-order valence-corrected chi connectivity index (χ2v) is 5.62. The minimum absolute atomic E-state index is 0.0151. The molecule has 118 valence electrons. The normalized spacial score (nSPS) is 18.2. The Balaban J connectivity index is 1.93. The molecule has 7 heteroatoms. The Kier molecular flexibility index (Phi) is 3.89. The van der Waals surface area contributed by atoms with Crippen LogP contribution in [0.2, 0.25) is 0 Å². The van der Waals surface area contributed by atoms with Crippen molar-refractivity contribution in [1.29, 1.82) is 0 Å². The predicted molar refractivity (Wildman–Crippen MR) is 82.0 cm³/mol. The number of nitrogens with one attached hydrogen (secondary N) is 1. The Bertz CT molecular complexity index is 695. The van der Waals surface area contributed by atoms with Crippen molar-refractivity contribution in [2.45, 2.75) is 32.5 Å². The fourth-order valence-electron chi connectivity index (χ4n) is 2.51. The summed E-state index contributed by atoms with van der Waals surface area (Å²) < 4.78 is 13.6. The molecule has 22 heavy (non-hydrogen) atoms. The topological polar surface area (TPSA) is 91.4 Å². The van der Waals surface area contributed by atoms with E-state index in [1.807, 2.05) is 23.7 Å². The van der Waals surface area contributed by atoms with Crippen LogP contribution in [0, 0.1) is 0 Å². The Morgan fingerprint density at radius 1 is 1.59 bits per heavy atom. The number of fused-ring (bicyclic) bond motifs is 3. The fraction of sp³-hybridized carbons (Fsp3) is 0.467. The molecule has 7 nitrogen and oxygen atoms in total. The van der Waals surface area contributed by atoms with E-state index in [0.717, 1.165) is 10.9 Å². The summed E-state index contributed by atoms with van der Waals surface area (Å²) in [5.41, 5.74) is 6.76. The minimum atomic E-state index is -0.222. The third kappa shape index (κ3) is 2.85. The first kappa shape index (κ1) is 14.6. The van der Waals surface area contributed by atoms with Crippen LogP contribution >= 0.6 is 0 Å². The third-order valence-electron chi connectivity index (χ3n) is 3.47. The number of nitrogens with zero attached hydrogens (tertiary/aromatic N) is 2. The molecule has 3 rings (SSSR count). The second kappa shape index (κ2) is 5.84. The van der Waals surface area contributed by atoms with Gasteiger partial charge in [-0.1, -0.05) is 0 Å². The summed E-state index contributed by atoms with van der Waals surface area (Å²) >= 11 is 0. The molecule has 1 aromatic heterocycles. The summed E-state index contributed by atoms with van der Waals surface area (Å²) in [5.74, 6) is 1.27. The standard InChI is InChI=1S/C15H20N4O3/c1-9(16)7-19-14-11(5-18-19)3-4-13-15(14)22-12(8-21-13)6-17-10(2)20/h3-5,9,12H,6-8,16H2,1-2H3,(H,17,20). The average molecular weight is 304 g/mol. The lowest BCUT2D eigenvalue weighted by Crippen LogP contribution is -2.40. The zero-order valence-electron chi connectivity index (χ0n) is 12.7. The van der Waals surface area contributed by atoms with Crippen molar-refractivity contribution < 1.29 is 14.3 Å². The molecule has 0 radical (unpaired) electrons. The molecule has 2 heterocycles. The molecule has 0 bridgehead atoms. The molecule has 0 saturated heterocycles. The largest absolute Gasteiger partial charge is 0.486 e. The number of hydrogen-bond acceptors (Lipinski definition) is 5. The van der Waals surface area contributed by atoms with Gasteiger partial charge in [0.25, 0.3) is 0 Å². The van der Waals surface area contributed by atoms with Crippen molar-refractivity contribution in [3.05, 3.63) is 18.3 Å². The summed E-state index contributed by atoms with van der Waals surface area (Å²) in [6, 6.07) is 3.82. The first-order valence-corrected chi connectivity index (χ1v) is 7.32. The highest BCUT2D eigenvalue weighted by Crippen LogP contribution is 2.38. The Labute approximate surface area is 128 Å². The summed E-state index contributed by atoms with van der Waals surface area (Å²) in [6.07, 6.45) is 1.57. The highest BCUT2D eigenvalue weighted by Gasteiger charge is 2.25. The van der Waals surface area contributed by atoms with Crippen molar-refractivity contribution in [1.82, 2.24) is 15.1 Å². The third-order valence-corrected chi connectivity index (χ3v) is 3.47. The van der Waals surface area contributed by atoms with Crippen LogP contribution in [0.25, 0.3) is 10.9 Å². The Morgan fingerprint density at radius 2 is 2.41 bits per heavy atom. The van der Waals surface area contributed by atoms with Gasteiger partial charge >= 0.3 is 0 Å². The van der Waals surface area contributed by atoms with Crippen LogP contribution in [0.5, 0.6) is 11.5 Å². The summed E-state index contributed by atoms with van der Waals surface area (Å²) in [6.45, 7) is 4.82. The van der Waals surface area contributed by atoms with Crippen molar-refractivity contribution in [3.63, 3.8) is 0 Å². The van der Waals surface area contributed by atoms with Crippen LogP contribution in [-0.2, 0) is 11.3 Å². The van der Waals surface area contributed by atoms with Crippen molar-refractivity contribution in [2.24, 2.45) is 5.73 Å². The second-order valence-electron chi connectivity index (χ2n) is 5.62. The predicted octanol–water partition coefficient (Wildman–Crippen LogP) is 0.659. The molecule has 0 saturated carbocycles. The fourth-order valence-corrected chi connectivity index (χ4v) is 2.51. The van der Waals surface area contributed by atoms with Gasteiger partial charge in [-0.15, -0.1) is 0 Å². The van der Waals surface area contributed by atoms with Crippen LogP contribution in [-0.4, -0.2) is 41.0 Å². The molecule has 0 aliphatic carbocycles. The van der Waals surface area contributed by atoms with Crippen LogP contribution in [0.3, 0.4) is 0 Å². The van der Waals surface area contributed by atoms with Gasteiger partial charge in [-0.2, -0.15) is 5.10 Å². The lowest BCUT2D eigenvalue weighted by molar-refractivity contribution is -0.119. The molecule has 1 aliphatic rings. The maximum atomic E-state index is 11.0. The molecule has 1 aromatic carbocycles. The number of benzene rings is 1. The molecule has 2 unspecified atom stereocenters. The number of hydrogen-bond donors (Lipinski definition) is 2. The zero-order chi connectivity index (χ0) is 15.7. The number of rotatable bonds is 4. The van der Waals surface area contributed by atoms with Crippen molar-refractivity contribution in [3.8, 4) is 11.5 Å². The maximum absolute atomic E-state index is 11.0. The van der Waals surface area contributed by atoms with Crippen molar-refractivity contribution in [2.75, 3.05) is 13.2 Å². The molecule has 0 spiro atoms. The van der Waals surface area contributed by atoms with Gasteiger partial charge in [-0.25, -0.2) is 0 Å². The lowest BCUT2D eigenvalue weighted by Gasteiger charge is -2.27. The van der Waals surface area contributed by atoms with Gasteiger partial charge in [0.05, 0.1) is 19.3 Å². The number of amides is 1. The van der Waals surface area contributed by atoms with E-state index in [9.17, 15) is 4.79 Å². The van der Waals surface area contributed by atoms with E-state index >= 15 is 0 Å². The summed E-state index contributed by atoms with van der Waals surface area (Å²) in [5, 5.41) is 8.10. The minimum Gasteiger partial charge on any atom is -0.486 e. The smallest absolute Gasteiger partial charge is 0.217 e. The summed E-state index contributed by atoms with van der Waals surface area (Å²) in [4.78, 5) is 11.0. The van der Waals surface area contributed by atoms with E-state index < -0.39 is 0 Å². The van der Waals surface area contributed by atoms with Crippen molar-refractivity contribution >= 4 is 16.8 Å². The molecule has 2 aromatic rings. The number of carbonyl (C=O) groups excluding carboxylic acids is 1. The monoisotopic (exact) mass is 304 g/mol. The molecule has 2 atom stereocenters. The van der Waals surface area contributed by atoms with Gasteiger partial charge in [0.2, 0.25) is 5.91 Å². The SMILES string of the molecule is CC(=O)NCC1COc2ccc3cnn(CC(C)N)c3c2O1. The van der Waals surface area contributed by atoms with E-state index in [0.29, 0.717) is 31.2 Å². The molecule has 3 N–H and O–H groups in total. The number of ether oxygens (including phenoxy) is 2. The van der Waals surface area contributed by atoms with Gasteiger partial charge in [-0.05, 0) is 19.1 Å². The van der Waals surface area contributed by atoms with Gasteiger partial charge in [-0.3, -0.25) is 9.48 Å². The van der Waals surface area contributed by atoms with E-state index in [-0.39, 0.29) is 18.1 Å². The van der Waals surface area contributed by atoms with E-state index in [2.05, 4.69) is 10.4 Å². The Hall–Kier alpha value is -2.28. The van der Waals surface area contributed by atoms with E-state index in [1.165, 1.54) is 6.92 Å². The highest BCUT2D eigenvalue weighted by molar-refractivity contribution is 5.87. The summed E-state index contributed by atoms with van der Waals surface area (Å²) in [7, 11) is 0. The van der Waals surface area contributed by atoms with Gasteiger partial charge in [0.1, 0.15) is 12.1 Å². The molecular weight excluding hydrogens is 284 g/mol. The molecule has 1 aliphatic heterocycles. The average Bonchev–Trinajstić information content (AvgIpc) is 2.87. The van der Waals surface area contributed by atoms with Crippen LogP contribution in [0.15, 0.2) is 18.3 Å². The maximum Gasteiger partial charge on any atom is 0.217 e. The van der Waals surface area contributed by atoms with Gasteiger partial charge < -0.3 is 20.5 Å². The van der Waals surface area contributed by atoms with Gasteiger partial charge in [0, 0.05) is 18.4 Å².